The van der Waals surface area contributed by atoms with Crippen LogP contribution in [0.2, 0.25) is 0 Å². The molecule has 1 heterocycles. The van der Waals surface area contributed by atoms with Crippen LogP contribution in [-0.4, -0.2) is 0 Å². The number of nitrogens with zero attached hydrogens (tertiary/aromatic N) is 1. The highest BCUT2D eigenvalue weighted by atomic mass is 127. The average Bonchev–Trinajstić information content (AvgIpc) is 2.03. The van der Waals surface area contributed by atoms with Crippen molar-refractivity contribution in [2.24, 2.45) is 0 Å². The SMILES string of the molecule is C=CCC[n+]1ccccc1.[I-]. The van der Waals surface area contributed by atoms with Crippen molar-refractivity contribution < 1.29 is 28.5 Å². The van der Waals surface area contributed by atoms with Crippen LogP contribution in [0.4, 0.5) is 0 Å². The second-order valence-electron chi connectivity index (χ2n) is 2.19. The zero-order valence-corrected chi connectivity index (χ0v) is 8.57. The first-order valence-corrected chi connectivity index (χ1v) is 3.48. The van der Waals surface area contributed by atoms with E-state index in [1.807, 2.05) is 24.3 Å². The second-order valence-corrected chi connectivity index (χ2v) is 2.19. The van der Waals surface area contributed by atoms with Crippen LogP contribution in [-0.2, 0) is 6.54 Å². The zero-order valence-electron chi connectivity index (χ0n) is 6.41. The van der Waals surface area contributed by atoms with Gasteiger partial charge in [-0.25, -0.2) is 4.57 Å². The summed E-state index contributed by atoms with van der Waals surface area (Å²) >= 11 is 0. The number of halogens is 1. The lowest BCUT2D eigenvalue weighted by molar-refractivity contribution is -0.696. The molecule has 0 N–H and O–H groups in total. The fourth-order valence-corrected chi connectivity index (χ4v) is 0.824. The molecule has 1 aromatic heterocycles. The lowest BCUT2D eigenvalue weighted by Crippen LogP contribution is -3.00. The van der Waals surface area contributed by atoms with E-state index in [4.69, 9.17) is 0 Å². The quantitative estimate of drug-likeness (QED) is 0.356. The molecule has 0 amide bonds. The Morgan fingerprint density at radius 3 is 2.36 bits per heavy atom. The Morgan fingerprint density at radius 2 is 1.82 bits per heavy atom. The molecule has 0 bridgehead atoms. The minimum absolute atomic E-state index is 0. The molecular formula is C9H12IN. The van der Waals surface area contributed by atoms with Crippen LogP contribution in [0.1, 0.15) is 6.42 Å². The molecule has 11 heavy (non-hydrogen) atoms. The van der Waals surface area contributed by atoms with E-state index in [1.54, 1.807) is 0 Å². The number of pyridine rings is 1. The molecule has 1 aromatic rings. The van der Waals surface area contributed by atoms with Gasteiger partial charge in [0.2, 0.25) is 0 Å². The molecule has 2 heteroatoms. The van der Waals surface area contributed by atoms with Gasteiger partial charge in [-0.05, 0) is 0 Å². The van der Waals surface area contributed by atoms with Gasteiger partial charge >= 0.3 is 0 Å². The smallest absolute Gasteiger partial charge is 0.168 e. The van der Waals surface area contributed by atoms with Crippen LogP contribution < -0.4 is 28.5 Å². The van der Waals surface area contributed by atoms with E-state index in [1.165, 1.54) is 0 Å². The molecule has 1 nitrogen and oxygen atoms in total. The summed E-state index contributed by atoms with van der Waals surface area (Å²) in [6, 6.07) is 6.08. The van der Waals surface area contributed by atoms with Crippen LogP contribution in [0.3, 0.4) is 0 Å². The Hall–Kier alpha value is -0.380. The van der Waals surface area contributed by atoms with Crippen LogP contribution in [0.25, 0.3) is 0 Å². The summed E-state index contributed by atoms with van der Waals surface area (Å²) < 4.78 is 2.14. The fraction of sp³-hybridized carbons (Fsp3) is 0.222. The third kappa shape index (κ3) is 4.14. The minimum Gasteiger partial charge on any atom is -1.00 e. The molecule has 0 spiro atoms. The number of hydrogen-bond acceptors (Lipinski definition) is 0. The van der Waals surface area contributed by atoms with Gasteiger partial charge in [-0.2, -0.15) is 0 Å². The molecule has 0 aliphatic carbocycles. The lowest BCUT2D eigenvalue weighted by Gasteiger charge is -1.89. The van der Waals surface area contributed by atoms with Gasteiger partial charge in [0.05, 0.1) is 0 Å². The molecule has 0 fully saturated rings. The van der Waals surface area contributed by atoms with E-state index in [2.05, 4.69) is 23.5 Å². The van der Waals surface area contributed by atoms with Gasteiger partial charge < -0.3 is 24.0 Å². The summed E-state index contributed by atoms with van der Waals surface area (Å²) in [6.45, 7) is 4.69. The Labute approximate surface area is 84.8 Å². The molecular weight excluding hydrogens is 249 g/mol. The highest BCUT2D eigenvalue weighted by Gasteiger charge is 1.92. The van der Waals surface area contributed by atoms with Gasteiger partial charge in [0.25, 0.3) is 0 Å². The van der Waals surface area contributed by atoms with Gasteiger partial charge in [0, 0.05) is 18.6 Å². The minimum atomic E-state index is 0. The first-order valence-electron chi connectivity index (χ1n) is 3.48. The summed E-state index contributed by atoms with van der Waals surface area (Å²) in [5, 5.41) is 0. The lowest BCUT2D eigenvalue weighted by atomic mass is 10.4. The predicted molar refractivity (Wildman–Crippen MR) is 41.5 cm³/mol. The van der Waals surface area contributed by atoms with Gasteiger partial charge in [-0.3, -0.25) is 0 Å². The van der Waals surface area contributed by atoms with E-state index in [0.29, 0.717) is 0 Å². The van der Waals surface area contributed by atoms with Gasteiger partial charge in [-0.15, -0.1) is 6.58 Å². The van der Waals surface area contributed by atoms with E-state index in [-0.39, 0.29) is 24.0 Å². The summed E-state index contributed by atoms with van der Waals surface area (Å²) in [4.78, 5) is 0. The van der Waals surface area contributed by atoms with Gasteiger partial charge in [0.15, 0.2) is 18.9 Å². The van der Waals surface area contributed by atoms with Crippen LogP contribution in [0.5, 0.6) is 0 Å². The van der Waals surface area contributed by atoms with Crippen molar-refractivity contribution in [2.45, 2.75) is 13.0 Å². The fourth-order valence-electron chi connectivity index (χ4n) is 0.824. The third-order valence-electron chi connectivity index (χ3n) is 1.37. The Kier molecular flexibility index (Phi) is 6.12. The number of allylic oxidation sites excluding steroid dienone is 1. The maximum atomic E-state index is 3.66. The Morgan fingerprint density at radius 1 is 1.18 bits per heavy atom. The summed E-state index contributed by atoms with van der Waals surface area (Å²) in [6.07, 6.45) is 7.08. The van der Waals surface area contributed by atoms with E-state index in [9.17, 15) is 0 Å². The van der Waals surface area contributed by atoms with Crippen LogP contribution in [0.15, 0.2) is 43.2 Å². The van der Waals surface area contributed by atoms with E-state index < -0.39 is 0 Å². The van der Waals surface area contributed by atoms with Crippen molar-refractivity contribution in [3.05, 3.63) is 43.2 Å². The standard InChI is InChI=1S/C9H12N.HI/c1-2-3-7-10-8-5-4-6-9-10;/h2,4-6,8-9H,1,3,7H2;1H/q+1;/p-1. The van der Waals surface area contributed by atoms with Crippen LogP contribution in [0, 0.1) is 0 Å². The molecule has 1 rings (SSSR count). The van der Waals surface area contributed by atoms with E-state index >= 15 is 0 Å². The highest BCUT2D eigenvalue weighted by Crippen LogP contribution is 1.81. The Bertz CT molecular complexity index is 196. The molecule has 0 saturated carbocycles. The van der Waals surface area contributed by atoms with Crippen molar-refractivity contribution >= 4 is 0 Å². The number of aryl methyl sites for hydroxylation is 1. The number of rotatable bonds is 3. The van der Waals surface area contributed by atoms with Crippen molar-refractivity contribution in [3.8, 4) is 0 Å². The summed E-state index contributed by atoms with van der Waals surface area (Å²) in [7, 11) is 0. The van der Waals surface area contributed by atoms with Crippen molar-refractivity contribution in [1.29, 1.82) is 0 Å². The number of aromatic nitrogens is 1. The summed E-state index contributed by atoms with van der Waals surface area (Å²) in [5.74, 6) is 0. The average molecular weight is 261 g/mol. The maximum Gasteiger partial charge on any atom is 0.168 e. The first kappa shape index (κ1) is 10.6. The molecule has 0 radical (unpaired) electrons. The van der Waals surface area contributed by atoms with Crippen molar-refractivity contribution in [3.63, 3.8) is 0 Å². The maximum absolute atomic E-state index is 3.66. The van der Waals surface area contributed by atoms with Crippen LogP contribution >= 0.6 is 0 Å². The highest BCUT2D eigenvalue weighted by molar-refractivity contribution is 4.83. The number of hydrogen-bond donors (Lipinski definition) is 0. The molecule has 0 saturated heterocycles. The molecule has 0 unspecified atom stereocenters. The summed E-state index contributed by atoms with van der Waals surface area (Å²) in [5.41, 5.74) is 0. The molecule has 0 aromatic carbocycles. The molecule has 0 aliphatic heterocycles. The van der Waals surface area contributed by atoms with Crippen molar-refractivity contribution in [1.82, 2.24) is 0 Å². The Balaban J connectivity index is 0.000001000. The first-order chi connectivity index (χ1) is 4.93. The predicted octanol–water partition coefficient (Wildman–Crippen LogP) is -1.45. The van der Waals surface area contributed by atoms with Gasteiger partial charge in [-0.1, -0.05) is 12.1 Å². The molecule has 0 aliphatic rings. The largest absolute Gasteiger partial charge is 1.00 e. The molecule has 0 atom stereocenters. The van der Waals surface area contributed by atoms with Crippen molar-refractivity contribution in [2.75, 3.05) is 0 Å². The molecule has 60 valence electrons. The normalized spacial score (nSPS) is 8.36. The van der Waals surface area contributed by atoms with Gasteiger partial charge in [0.1, 0.15) is 0 Å². The third-order valence-corrected chi connectivity index (χ3v) is 1.37. The second kappa shape index (κ2) is 6.34. The van der Waals surface area contributed by atoms with E-state index in [0.717, 1.165) is 13.0 Å². The topological polar surface area (TPSA) is 3.88 Å². The monoisotopic (exact) mass is 261 g/mol. The zero-order chi connectivity index (χ0) is 7.23.